The molecule has 2 atom stereocenters. The van der Waals surface area contributed by atoms with Gasteiger partial charge in [-0.15, -0.1) is 6.58 Å². The predicted molar refractivity (Wildman–Crippen MR) is 80.9 cm³/mol. The zero-order valence-corrected chi connectivity index (χ0v) is 12.3. The molecule has 3 nitrogen and oxygen atoms in total. The lowest BCUT2D eigenvalue weighted by Crippen LogP contribution is -2.20. The van der Waals surface area contributed by atoms with Gasteiger partial charge < -0.3 is 4.74 Å². The monoisotopic (exact) mass is 279 g/mol. The Morgan fingerprint density at radius 1 is 1.42 bits per heavy atom. The largest absolute Gasteiger partial charge is 0.441 e. The fourth-order valence-electron chi connectivity index (χ4n) is 1.57. The number of nitrogens with one attached hydrogen (secondary N) is 1. The fourth-order valence-corrected chi connectivity index (χ4v) is 2.24. The first-order valence-electron chi connectivity index (χ1n) is 6.37. The molecule has 0 spiro atoms. The summed E-state index contributed by atoms with van der Waals surface area (Å²) in [6.07, 6.45) is 2.20. The van der Waals surface area contributed by atoms with Crippen molar-refractivity contribution in [1.82, 2.24) is 4.72 Å². The van der Waals surface area contributed by atoms with Crippen LogP contribution in [0.25, 0.3) is 0 Å². The van der Waals surface area contributed by atoms with E-state index < -0.39 is 6.09 Å². The highest BCUT2D eigenvalue weighted by Crippen LogP contribution is 2.16. The number of hydrogen-bond donors (Lipinski definition) is 1. The molecule has 1 aromatic carbocycles. The molecule has 0 aliphatic carbocycles. The number of hydrogen-bond acceptors (Lipinski definition) is 3. The highest BCUT2D eigenvalue weighted by Gasteiger charge is 2.11. The maximum atomic E-state index is 11.6. The summed E-state index contributed by atoms with van der Waals surface area (Å²) in [4.78, 5) is 11.6. The van der Waals surface area contributed by atoms with Crippen LogP contribution >= 0.6 is 11.9 Å². The molecule has 0 aliphatic rings. The van der Waals surface area contributed by atoms with E-state index in [0.717, 1.165) is 17.7 Å². The van der Waals surface area contributed by atoms with Crippen LogP contribution in [0.3, 0.4) is 0 Å². The van der Waals surface area contributed by atoms with E-state index in [1.54, 1.807) is 0 Å². The summed E-state index contributed by atoms with van der Waals surface area (Å²) < 4.78 is 7.98. The number of carbonyl (C=O) groups is 1. The minimum absolute atomic E-state index is 0.243. The van der Waals surface area contributed by atoms with Gasteiger partial charge in [0.05, 0.1) is 0 Å². The van der Waals surface area contributed by atoms with Crippen molar-refractivity contribution in [3.05, 3.63) is 48.6 Å². The standard InChI is InChI=1S/C15H21NO2S/c1-4-8-12(2)11-19-16-15(17)18-13(3)14-9-6-5-7-10-14/h4-7,9-10,12-13H,1,8,11H2,2-3H3,(H,16,17). The number of allylic oxidation sites excluding steroid dienone is 1. The van der Waals surface area contributed by atoms with Gasteiger partial charge >= 0.3 is 6.09 Å². The lowest BCUT2D eigenvalue weighted by molar-refractivity contribution is 0.113. The van der Waals surface area contributed by atoms with Gasteiger partial charge in [-0.05, 0) is 36.8 Å². The second kappa shape index (κ2) is 8.64. The Balaban J connectivity index is 2.26. The lowest BCUT2D eigenvalue weighted by atomic mass is 10.1. The molecule has 1 amide bonds. The van der Waals surface area contributed by atoms with E-state index in [1.165, 1.54) is 11.9 Å². The van der Waals surface area contributed by atoms with Gasteiger partial charge in [0.15, 0.2) is 0 Å². The van der Waals surface area contributed by atoms with Crippen LogP contribution in [-0.4, -0.2) is 11.8 Å². The topological polar surface area (TPSA) is 38.3 Å². The molecule has 1 N–H and O–H groups in total. The van der Waals surface area contributed by atoms with Crippen molar-refractivity contribution in [3.63, 3.8) is 0 Å². The Morgan fingerprint density at radius 3 is 2.74 bits per heavy atom. The molecule has 0 aromatic heterocycles. The summed E-state index contributed by atoms with van der Waals surface area (Å²) in [5.41, 5.74) is 0.989. The molecule has 0 aliphatic heterocycles. The normalized spacial score (nSPS) is 13.4. The average molecular weight is 279 g/mol. The Labute approximate surface area is 119 Å². The third kappa shape index (κ3) is 6.34. The van der Waals surface area contributed by atoms with Gasteiger partial charge in [0.25, 0.3) is 0 Å². The minimum atomic E-state index is -0.396. The van der Waals surface area contributed by atoms with Gasteiger partial charge in [-0.3, -0.25) is 4.72 Å². The molecule has 104 valence electrons. The minimum Gasteiger partial charge on any atom is -0.441 e. The smallest absolute Gasteiger partial charge is 0.417 e. The number of rotatable bonds is 7. The van der Waals surface area contributed by atoms with Crippen LogP contribution in [0.4, 0.5) is 4.79 Å². The Bertz CT molecular complexity index is 394. The predicted octanol–water partition coefficient (Wildman–Crippen LogP) is 4.33. The van der Waals surface area contributed by atoms with Crippen molar-refractivity contribution in [2.75, 3.05) is 5.75 Å². The van der Waals surface area contributed by atoms with E-state index in [2.05, 4.69) is 18.2 Å². The third-order valence-corrected chi connectivity index (χ3v) is 3.69. The van der Waals surface area contributed by atoms with Gasteiger partial charge in [-0.2, -0.15) is 0 Å². The maximum Gasteiger partial charge on any atom is 0.417 e. The van der Waals surface area contributed by atoms with E-state index in [4.69, 9.17) is 4.74 Å². The highest BCUT2D eigenvalue weighted by molar-refractivity contribution is 7.97. The van der Waals surface area contributed by atoms with Crippen LogP contribution in [0.2, 0.25) is 0 Å². The number of ether oxygens (including phenoxy) is 1. The van der Waals surface area contributed by atoms with E-state index in [9.17, 15) is 4.79 Å². The molecule has 1 rings (SSSR count). The Hall–Kier alpha value is -1.42. The summed E-state index contributed by atoms with van der Waals surface area (Å²) in [6.45, 7) is 7.68. The Morgan fingerprint density at radius 2 is 2.11 bits per heavy atom. The van der Waals surface area contributed by atoms with Gasteiger partial charge in [0.2, 0.25) is 0 Å². The first-order valence-corrected chi connectivity index (χ1v) is 7.36. The van der Waals surface area contributed by atoms with Crippen molar-refractivity contribution < 1.29 is 9.53 Å². The number of carbonyl (C=O) groups excluding carboxylic acids is 1. The summed E-state index contributed by atoms with van der Waals surface area (Å²) in [7, 11) is 0. The molecule has 19 heavy (non-hydrogen) atoms. The lowest BCUT2D eigenvalue weighted by Gasteiger charge is -2.14. The van der Waals surface area contributed by atoms with E-state index in [0.29, 0.717) is 5.92 Å². The second-order valence-corrected chi connectivity index (χ2v) is 5.33. The van der Waals surface area contributed by atoms with Gasteiger partial charge in [-0.1, -0.05) is 43.3 Å². The van der Waals surface area contributed by atoms with Crippen molar-refractivity contribution in [2.24, 2.45) is 5.92 Å². The molecular weight excluding hydrogens is 258 g/mol. The maximum absolute atomic E-state index is 11.6. The quantitative estimate of drug-likeness (QED) is 0.596. The summed E-state index contributed by atoms with van der Waals surface area (Å²) in [6, 6.07) is 9.68. The summed E-state index contributed by atoms with van der Waals surface area (Å²) >= 11 is 1.37. The number of amides is 1. The molecule has 0 radical (unpaired) electrons. The van der Waals surface area contributed by atoms with Crippen molar-refractivity contribution in [3.8, 4) is 0 Å². The molecule has 0 fully saturated rings. The SMILES string of the molecule is C=CCC(C)CSNC(=O)OC(C)c1ccccc1. The van der Waals surface area contributed by atoms with Crippen molar-refractivity contribution >= 4 is 18.0 Å². The van der Waals surface area contributed by atoms with Crippen LogP contribution in [0.1, 0.15) is 31.9 Å². The number of benzene rings is 1. The van der Waals surface area contributed by atoms with E-state index in [-0.39, 0.29) is 6.10 Å². The first-order chi connectivity index (χ1) is 9.13. The van der Waals surface area contributed by atoms with Gasteiger partial charge in [0, 0.05) is 5.75 Å². The van der Waals surface area contributed by atoms with Crippen LogP contribution < -0.4 is 4.72 Å². The second-order valence-electron chi connectivity index (χ2n) is 4.50. The molecule has 0 bridgehead atoms. The van der Waals surface area contributed by atoms with Crippen molar-refractivity contribution in [2.45, 2.75) is 26.4 Å². The third-order valence-electron chi connectivity index (χ3n) is 2.65. The van der Waals surface area contributed by atoms with Crippen LogP contribution in [0, 0.1) is 5.92 Å². The molecule has 0 saturated heterocycles. The molecule has 1 aromatic rings. The molecule has 2 unspecified atom stereocenters. The van der Waals surface area contributed by atoms with E-state index in [1.807, 2.05) is 43.3 Å². The van der Waals surface area contributed by atoms with Crippen LogP contribution in [-0.2, 0) is 4.74 Å². The zero-order chi connectivity index (χ0) is 14.1. The molecule has 0 saturated carbocycles. The Kier molecular flexibility index (Phi) is 7.11. The molecule has 0 heterocycles. The fraction of sp³-hybridized carbons (Fsp3) is 0.400. The molecular formula is C15H21NO2S. The van der Waals surface area contributed by atoms with Crippen LogP contribution in [0.5, 0.6) is 0 Å². The summed E-state index contributed by atoms with van der Waals surface area (Å²) in [5.74, 6) is 1.34. The van der Waals surface area contributed by atoms with Gasteiger partial charge in [0.1, 0.15) is 6.10 Å². The van der Waals surface area contributed by atoms with E-state index >= 15 is 0 Å². The van der Waals surface area contributed by atoms with Crippen molar-refractivity contribution in [1.29, 1.82) is 0 Å². The van der Waals surface area contributed by atoms with Crippen LogP contribution in [0.15, 0.2) is 43.0 Å². The average Bonchev–Trinajstić information content (AvgIpc) is 2.40. The van der Waals surface area contributed by atoms with Gasteiger partial charge in [-0.25, -0.2) is 4.79 Å². The zero-order valence-electron chi connectivity index (χ0n) is 11.5. The molecule has 4 heteroatoms. The highest BCUT2D eigenvalue weighted by atomic mass is 32.2. The summed E-state index contributed by atoms with van der Waals surface area (Å²) in [5, 5.41) is 0. The first kappa shape index (κ1) is 15.6.